The second-order valence-electron chi connectivity index (χ2n) is 5.74. The average Bonchev–Trinajstić information content (AvgIpc) is 2.87. The summed E-state index contributed by atoms with van der Waals surface area (Å²) in [6, 6.07) is 0.463. The standard InChI is InChI=1S/C14H22N4O/c1-12-8-15-18(9-12)10-13-4-2-5-17(13)11-14(19)16-6-3-7-16/h8-9,13H,2-7,10-11H2,1H3/t13-/m0/s1. The lowest BCUT2D eigenvalue weighted by atomic mass is 10.2. The molecular weight excluding hydrogens is 240 g/mol. The highest BCUT2D eigenvalue weighted by Gasteiger charge is 2.29. The molecule has 0 unspecified atom stereocenters. The Morgan fingerprint density at radius 1 is 1.37 bits per heavy atom. The molecule has 104 valence electrons. The van der Waals surface area contributed by atoms with Crippen molar-refractivity contribution in [2.45, 2.75) is 38.8 Å². The molecule has 2 aliphatic rings. The lowest BCUT2D eigenvalue weighted by Crippen LogP contribution is -2.48. The van der Waals surface area contributed by atoms with Crippen molar-refractivity contribution in [3.63, 3.8) is 0 Å². The van der Waals surface area contributed by atoms with Gasteiger partial charge in [0, 0.05) is 25.3 Å². The van der Waals surface area contributed by atoms with Crippen LogP contribution in [-0.4, -0.2) is 57.7 Å². The number of rotatable bonds is 4. The predicted octanol–water partition coefficient (Wildman–Crippen LogP) is 0.888. The SMILES string of the molecule is Cc1cnn(C[C@@H]2CCCN2CC(=O)N2CCC2)c1. The second-order valence-corrected chi connectivity index (χ2v) is 5.74. The number of likely N-dealkylation sites (tertiary alicyclic amines) is 2. The summed E-state index contributed by atoms with van der Waals surface area (Å²) in [6.45, 7) is 6.51. The van der Waals surface area contributed by atoms with Gasteiger partial charge in [-0.05, 0) is 38.3 Å². The molecule has 2 aliphatic heterocycles. The molecule has 19 heavy (non-hydrogen) atoms. The van der Waals surface area contributed by atoms with Gasteiger partial charge >= 0.3 is 0 Å². The van der Waals surface area contributed by atoms with Gasteiger partial charge in [-0.3, -0.25) is 14.4 Å². The summed E-state index contributed by atoms with van der Waals surface area (Å²) in [5, 5.41) is 4.35. The number of aromatic nitrogens is 2. The maximum Gasteiger partial charge on any atom is 0.236 e. The Hall–Kier alpha value is -1.36. The van der Waals surface area contributed by atoms with E-state index >= 15 is 0 Å². The van der Waals surface area contributed by atoms with E-state index < -0.39 is 0 Å². The maximum atomic E-state index is 12.0. The Labute approximate surface area is 114 Å². The van der Waals surface area contributed by atoms with Gasteiger partial charge in [-0.1, -0.05) is 0 Å². The third kappa shape index (κ3) is 2.81. The van der Waals surface area contributed by atoms with E-state index in [0.29, 0.717) is 18.5 Å². The molecule has 1 amide bonds. The summed E-state index contributed by atoms with van der Waals surface area (Å²) in [4.78, 5) is 16.3. The van der Waals surface area contributed by atoms with Crippen LogP contribution in [0.3, 0.4) is 0 Å². The van der Waals surface area contributed by atoms with Gasteiger partial charge in [0.1, 0.15) is 0 Å². The molecule has 3 heterocycles. The maximum absolute atomic E-state index is 12.0. The van der Waals surface area contributed by atoms with Crippen LogP contribution in [0.25, 0.3) is 0 Å². The Morgan fingerprint density at radius 2 is 2.21 bits per heavy atom. The van der Waals surface area contributed by atoms with Crippen molar-refractivity contribution in [3.05, 3.63) is 18.0 Å². The van der Waals surface area contributed by atoms with Gasteiger partial charge < -0.3 is 4.90 Å². The molecule has 5 nitrogen and oxygen atoms in total. The number of amides is 1. The smallest absolute Gasteiger partial charge is 0.236 e. The molecule has 1 aromatic heterocycles. The molecule has 1 aromatic rings. The molecule has 2 fully saturated rings. The topological polar surface area (TPSA) is 41.4 Å². The van der Waals surface area contributed by atoms with E-state index in [9.17, 15) is 4.79 Å². The summed E-state index contributed by atoms with van der Waals surface area (Å²) in [5.74, 6) is 0.301. The summed E-state index contributed by atoms with van der Waals surface area (Å²) < 4.78 is 2.01. The fourth-order valence-electron chi connectivity index (χ4n) is 2.93. The van der Waals surface area contributed by atoms with Gasteiger partial charge in [0.15, 0.2) is 0 Å². The predicted molar refractivity (Wildman–Crippen MR) is 72.8 cm³/mol. The minimum atomic E-state index is 0.301. The van der Waals surface area contributed by atoms with Crippen LogP contribution < -0.4 is 0 Å². The third-order valence-corrected chi connectivity index (χ3v) is 4.21. The molecule has 0 radical (unpaired) electrons. The quantitative estimate of drug-likeness (QED) is 0.809. The van der Waals surface area contributed by atoms with E-state index in [2.05, 4.69) is 23.1 Å². The van der Waals surface area contributed by atoms with Gasteiger partial charge in [-0.25, -0.2) is 0 Å². The van der Waals surface area contributed by atoms with Crippen LogP contribution in [0, 0.1) is 6.92 Å². The number of carbonyl (C=O) groups excluding carboxylic acids is 1. The van der Waals surface area contributed by atoms with Crippen molar-refractivity contribution in [3.8, 4) is 0 Å². The average molecular weight is 262 g/mol. The number of nitrogens with zero attached hydrogens (tertiary/aromatic N) is 4. The summed E-state index contributed by atoms with van der Waals surface area (Å²) in [6.07, 6.45) is 7.50. The van der Waals surface area contributed by atoms with Gasteiger partial charge in [-0.2, -0.15) is 5.10 Å². The molecular formula is C14H22N4O. The molecule has 0 N–H and O–H groups in total. The van der Waals surface area contributed by atoms with Crippen LogP contribution in [0.1, 0.15) is 24.8 Å². The van der Waals surface area contributed by atoms with Gasteiger partial charge in [-0.15, -0.1) is 0 Å². The lowest BCUT2D eigenvalue weighted by molar-refractivity contribution is -0.136. The number of carbonyl (C=O) groups is 1. The number of aryl methyl sites for hydroxylation is 1. The van der Waals surface area contributed by atoms with Crippen molar-refractivity contribution < 1.29 is 4.79 Å². The highest BCUT2D eigenvalue weighted by atomic mass is 16.2. The second kappa shape index (κ2) is 5.33. The van der Waals surface area contributed by atoms with E-state index in [1.165, 1.54) is 24.8 Å². The van der Waals surface area contributed by atoms with E-state index in [-0.39, 0.29) is 0 Å². The monoisotopic (exact) mass is 262 g/mol. The van der Waals surface area contributed by atoms with E-state index in [1.54, 1.807) is 0 Å². The van der Waals surface area contributed by atoms with Crippen molar-refractivity contribution in [2.75, 3.05) is 26.2 Å². The summed E-state index contributed by atoms with van der Waals surface area (Å²) in [7, 11) is 0. The first kappa shape index (κ1) is 12.7. The fraction of sp³-hybridized carbons (Fsp3) is 0.714. The molecule has 5 heteroatoms. The van der Waals surface area contributed by atoms with Crippen LogP contribution in [0.5, 0.6) is 0 Å². The Kier molecular flexibility index (Phi) is 3.55. The minimum absolute atomic E-state index is 0.301. The molecule has 0 bridgehead atoms. The number of hydrogen-bond acceptors (Lipinski definition) is 3. The fourth-order valence-corrected chi connectivity index (χ4v) is 2.93. The van der Waals surface area contributed by atoms with E-state index in [4.69, 9.17) is 0 Å². The summed E-state index contributed by atoms with van der Waals surface area (Å²) >= 11 is 0. The Bertz CT molecular complexity index is 452. The van der Waals surface area contributed by atoms with Crippen LogP contribution in [0.4, 0.5) is 0 Å². The summed E-state index contributed by atoms with van der Waals surface area (Å²) in [5.41, 5.74) is 1.20. The van der Waals surface area contributed by atoms with Crippen molar-refractivity contribution in [2.24, 2.45) is 0 Å². The van der Waals surface area contributed by atoms with Gasteiger partial charge in [0.25, 0.3) is 0 Å². The number of hydrogen-bond donors (Lipinski definition) is 0. The first-order valence-corrected chi connectivity index (χ1v) is 7.23. The van der Waals surface area contributed by atoms with Crippen LogP contribution in [0.15, 0.2) is 12.4 Å². The van der Waals surface area contributed by atoms with Gasteiger partial charge in [0.05, 0.1) is 19.3 Å². The minimum Gasteiger partial charge on any atom is -0.341 e. The molecule has 0 aromatic carbocycles. The molecule has 0 spiro atoms. The zero-order chi connectivity index (χ0) is 13.2. The first-order chi connectivity index (χ1) is 9.22. The van der Waals surface area contributed by atoms with Crippen LogP contribution in [0.2, 0.25) is 0 Å². The van der Waals surface area contributed by atoms with Crippen LogP contribution >= 0.6 is 0 Å². The normalized spacial score (nSPS) is 23.6. The zero-order valence-corrected chi connectivity index (χ0v) is 11.6. The van der Waals surface area contributed by atoms with Crippen molar-refractivity contribution in [1.29, 1.82) is 0 Å². The Morgan fingerprint density at radius 3 is 2.84 bits per heavy atom. The van der Waals surface area contributed by atoms with Gasteiger partial charge in [0.2, 0.25) is 5.91 Å². The molecule has 1 atom stereocenters. The highest BCUT2D eigenvalue weighted by Crippen LogP contribution is 2.19. The third-order valence-electron chi connectivity index (χ3n) is 4.21. The first-order valence-electron chi connectivity index (χ1n) is 7.23. The van der Waals surface area contributed by atoms with Crippen molar-refractivity contribution >= 4 is 5.91 Å². The van der Waals surface area contributed by atoms with E-state index in [0.717, 1.165) is 26.2 Å². The molecule has 2 saturated heterocycles. The van der Waals surface area contributed by atoms with Crippen LogP contribution in [-0.2, 0) is 11.3 Å². The Balaban J connectivity index is 1.56. The lowest BCUT2D eigenvalue weighted by Gasteiger charge is -2.33. The van der Waals surface area contributed by atoms with Crippen molar-refractivity contribution in [1.82, 2.24) is 19.6 Å². The largest absolute Gasteiger partial charge is 0.341 e. The molecule has 0 aliphatic carbocycles. The highest BCUT2D eigenvalue weighted by molar-refractivity contribution is 5.79. The van der Waals surface area contributed by atoms with E-state index in [1.807, 2.05) is 15.8 Å². The molecule has 3 rings (SSSR count). The molecule has 0 saturated carbocycles. The zero-order valence-electron chi connectivity index (χ0n) is 11.6.